The predicted molar refractivity (Wildman–Crippen MR) is 165 cm³/mol. The van der Waals surface area contributed by atoms with Crippen LogP contribution in [0.5, 0.6) is 0 Å². The molecule has 0 aromatic heterocycles. The van der Waals surface area contributed by atoms with Crippen molar-refractivity contribution in [1.29, 1.82) is 0 Å². The fourth-order valence-corrected chi connectivity index (χ4v) is 5.83. The van der Waals surface area contributed by atoms with Crippen molar-refractivity contribution in [3.63, 3.8) is 0 Å². The zero-order valence-electron chi connectivity index (χ0n) is 22.5. The van der Waals surface area contributed by atoms with Crippen LogP contribution < -0.4 is 9.62 Å². The third-order valence-corrected chi connectivity index (χ3v) is 8.54. The molecule has 3 aromatic carbocycles. The highest BCUT2D eigenvalue weighted by atomic mass is 79.9. The quantitative estimate of drug-likeness (QED) is 0.254. The van der Waals surface area contributed by atoms with Crippen LogP contribution in [0.25, 0.3) is 0 Å². The number of amides is 2. The molecule has 0 saturated carbocycles. The van der Waals surface area contributed by atoms with Gasteiger partial charge in [-0.15, -0.1) is 0 Å². The van der Waals surface area contributed by atoms with Crippen molar-refractivity contribution in [2.45, 2.75) is 45.3 Å². The zero-order valence-corrected chi connectivity index (χ0v) is 26.4. The summed E-state index contributed by atoms with van der Waals surface area (Å²) in [6.45, 7) is 3.35. The molecular weight excluding hydrogens is 637 g/mol. The minimum Gasteiger partial charge on any atom is -0.352 e. The van der Waals surface area contributed by atoms with E-state index in [1.807, 2.05) is 68.4 Å². The number of nitrogens with zero attached hydrogens (tertiary/aromatic N) is 2. The first-order valence-corrected chi connectivity index (χ1v) is 16.1. The van der Waals surface area contributed by atoms with E-state index in [1.54, 1.807) is 0 Å². The van der Waals surface area contributed by atoms with Gasteiger partial charge in [0.15, 0.2) is 0 Å². The van der Waals surface area contributed by atoms with E-state index in [9.17, 15) is 18.0 Å². The number of hydrogen-bond acceptors (Lipinski definition) is 4. The van der Waals surface area contributed by atoms with Gasteiger partial charge in [-0.2, -0.15) is 0 Å². The van der Waals surface area contributed by atoms with Gasteiger partial charge in [-0.3, -0.25) is 13.9 Å². The van der Waals surface area contributed by atoms with Crippen LogP contribution in [0.15, 0.2) is 77.3 Å². The maximum absolute atomic E-state index is 14.1. The van der Waals surface area contributed by atoms with Crippen LogP contribution in [0.3, 0.4) is 0 Å². The van der Waals surface area contributed by atoms with Gasteiger partial charge in [-0.1, -0.05) is 88.5 Å². The number of halogens is 3. The van der Waals surface area contributed by atoms with E-state index in [2.05, 4.69) is 21.2 Å². The monoisotopic (exact) mass is 667 g/mol. The fraction of sp³-hybridized carbons (Fsp3) is 0.310. The van der Waals surface area contributed by atoms with E-state index in [1.165, 1.54) is 23.1 Å². The molecule has 2 atom stereocenters. The van der Waals surface area contributed by atoms with Crippen molar-refractivity contribution >= 4 is 66.7 Å². The Labute approximate surface area is 254 Å². The molecule has 0 saturated heterocycles. The number of sulfonamides is 1. The third kappa shape index (κ3) is 8.96. The van der Waals surface area contributed by atoms with Crippen molar-refractivity contribution in [3.05, 3.63) is 98.4 Å². The van der Waals surface area contributed by atoms with Crippen LogP contribution in [0.1, 0.15) is 31.4 Å². The molecule has 3 rings (SSSR count). The zero-order chi connectivity index (χ0) is 29.4. The maximum atomic E-state index is 14.1. The molecule has 2 amide bonds. The summed E-state index contributed by atoms with van der Waals surface area (Å²) in [5, 5.41) is 3.39. The first kappa shape index (κ1) is 31.9. The van der Waals surface area contributed by atoms with E-state index in [4.69, 9.17) is 23.2 Å². The number of rotatable bonds is 12. The lowest BCUT2D eigenvalue weighted by Gasteiger charge is -2.34. The van der Waals surface area contributed by atoms with Gasteiger partial charge in [-0.25, -0.2) is 8.42 Å². The molecule has 0 bridgehead atoms. The van der Waals surface area contributed by atoms with Crippen LogP contribution in [-0.4, -0.2) is 50.0 Å². The van der Waals surface area contributed by atoms with Gasteiger partial charge in [0.25, 0.3) is 0 Å². The Hall–Kier alpha value is -2.59. The topological polar surface area (TPSA) is 86.8 Å². The highest BCUT2D eigenvalue weighted by molar-refractivity contribution is 9.10. The van der Waals surface area contributed by atoms with Crippen molar-refractivity contribution in [2.75, 3.05) is 17.1 Å². The predicted octanol–water partition coefficient (Wildman–Crippen LogP) is 6.08. The number of carbonyl (C=O) groups excluding carboxylic acids is 2. The van der Waals surface area contributed by atoms with Gasteiger partial charge in [0.05, 0.1) is 17.0 Å². The molecule has 0 spiro atoms. The molecule has 0 aliphatic heterocycles. The normalized spacial score (nSPS) is 12.8. The minimum absolute atomic E-state index is 0.0740. The second kappa shape index (κ2) is 14.3. The Morgan fingerprint density at radius 2 is 1.65 bits per heavy atom. The van der Waals surface area contributed by atoms with Gasteiger partial charge in [0, 0.05) is 28.5 Å². The van der Waals surface area contributed by atoms with Gasteiger partial charge in [0.1, 0.15) is 12.6 Å². The Balaban J connectivity index is 2.09. The molecule has 7 nitrogen and oxygen atoms in total. The number of anilines is 1. The summed E-state index contributed by atoms with van der Waals surface area (Å²) in [6.07, 6.45) is 1.94. The average molecular weight is 669 g/mol. The first-order valence-electron chi connectivity index (χ1n) is 12.7. The van der Waals surface area contributed by atoms with Crippen LogP contribution in [-0.2, 0) is 32.6 Å². The van der Waals surface area contributed by atoms with E-state index in [-0.39, 0.29) is 40.6 Å². The van der Waals surface area contributed by atoms with Crippen molar-refractivity contribution in [3.8, 4) is 0 Å². The van der Waals surface area contributed by atoms with Crippen LogP contribution >= 0.6 is 39.1 Å². The smallest absolute Gasteiger partial charge is 0.244 e. The van der Waals surface area contributed by atoms with E-state index >= 15 is 0 Å². The number of nitrogens with one attached hydrogen (secondary N) is 1. The SMILES string of the molecule is CC[C@@H](C)NC(=O)[C@@H](Cc1ccccc1)N(Cc1cccc(Br)c1)C(=O)CN(c1cc(Cl)ccc1Cl)S(C)(=O)=O. The van der Waals surface area contributed by atoms with E-state index in [0.717, 1.165) is 26.2 Å². The largest absolute Gasteiger partial charge is 0.352 e. The molecule has 3 aromatic rings. The second-order valence-electron chi connectivity index (χ2n) is 9.54. The molecule has 0 aliphatic rings. The third-order valence-electron chi connectivity index (χ3n) is 6.37. The summed E-state index contributed by atoms with van der Waals surface area (Å²) in [5.74, 6) is -0.894. The maximum Gasteiger partial charge on any atom is 0.244 e. The van der Waals surface area contributed by atoms with Gasteiger partial charge >= 0.3 is 0 Å². The molecule has 11 heteroatoms. The Morgan fingerprint density at radius 1 is 0.975 bits per heavy atom. The Kier molecular flexibility index (Phi) is 11.5. The molecule has 0 fully saturated rings. The van der Waals surface area contributed by atoms with Gasteiger partial charge in [0.2, 0.25) is 21.8 Å². The summed E-state index contributed by atoms with van der Waals surface area (Å²) in [5.41, 5.74) is 1.71. The minimum atomic E-state index is -3.96. The molecule has 0 unspecified atom stereocenters. The molecule has 0 aliphatic carbocycles. The number of hydrogen-bond donors (Lipinski definition) is 1. The van der Waals surface area contributed by atoms with Crippen LogP contribution in [0.2, 0.25) is 10.0 Å². The standard InChI is InChI=1S/C29H32BrCl2N3O4S/c1-4-20(2)33-29(37)27(16-21-9-6-5-7-10-21)34(18-22-11-8-12-23(30)15-22)28(36)19-35(40(3,38)39)26-17-24(31)13-14-25(26)32/h5-15,17,20,27H,4,16,18-19H2,1-3H3,(H,33,37)/t20-,27-/m1/s1. The van der Waals surface area contributed by atoms with Crippen LogP contribution in [0.4, 0.5) is 5.69 Å². The van der Waals surface area contributed by atoms with Crippen molar-refractivity contribution in [2.24, 2.45) is 0 Å². The van der Waals surface area contributed by atoms with Gasteiger partial charge < -0.3 is 10.2 Å². The van der Waals surface area contributed by atoms with Gasteiger partial charge in [-0.05, 0) is 54.8 Å². The Morgan fingerprint density at radius 3 is 2.27 bits per heavy atom. The molecule has 40 heavy (non-hydrogen) atoms. The van der Waals surface area contributed by atoms with E-state index < -0.39 is 28.5 Å². The summed E-state index contributed by atoms with van der Waals surface area (Å²) in [7, 11) is -3.96. The lowest BCUT2D eigenvalue weighted by Crippen LogP contribution is -2.54. The lowest BCUT2D eigenvalue weighted by molar-refractivity contribution is -0.140. The Bertz CT molecular complexity index is 1440. The summed E-state index contributed by atoms with van der Waals surface area (Å²) in [4.78, 5) is 29.2. The lowest BCUT2D eigenvalue weighted by atomic mass is 10.0. The van der Waals surface area contributed by atoms with Crippen molar-refractivity contribution in [1.82, 2.24) is 10.2 Å². The van der Waals surface area contributed by atoms with Crippen molar-refractivity contribution < 1.29 is 18.0 Å². The average Bonchev–Trinajstić information content (AvgIpc) is 2.90. The number of benzene rings is 3. The molecular formula is C29H32BrCl2N3O4S. The summed E-state index contributed by atoms with van der Waals surface area (Å²) >= 11 is 16.0. The number of carbonyl (C=O) groups is 2. The second-order valence-corrected chi connectivity index (χ2v) is 13.2. The molecule has 0 heterocycles. The molecule has 0 radical (unpaired) electrons. The summed E-state index contributed by atoms with van der Waals surface area (Å²) in [6, 6.07) is 20.1. The first-order chi connectivity index (χ1) is 18.9. The molecule has 214 valence electrons. The van der Waals surface area contributed by atoms with Crippen LogP contribution in [0, 0.1) is 0 Å². The highest BCUT2D eigenvalue weighted by Gasteiger charge is 2.34. The highest BCUT2D eigenvalue weighted by Crippen LogP contribution is 2.31. The molecule has 1 N–H and O–H groups in total. The fourth-order valence-electron chi connectivity index (χ4n) is 4.10. The summed E-state index contributed by atoms with van der Waals surface area (Å²) < 4.78 is 27.5. The van der Waals surface area contributed by atoms with E-state index in [0.29, 0.717) is 6.42 Å².